The summed E-state index contributed by atoms with van der Waals surface area (Å²) in [6, 6.07) is 15.2. The van der Waals surface area contributed by atoms with Gasteiger partial charge in [-0.15, -0.1) is 0 Å². The number of hydrogen-bond acceptors (Lipinski definition) is 3. The highest BCUT2D eigenvalue weighted by Crippen LogP contribution is 2.33. The number of carbonyl (C=O) groups is 1. The van der Waals surface area contributed by atoms with Crippen LogP contribution in [0.2, 0.25) is 5.02 Å². The Bertz CT molecular complexity index is 980. The van der Waals surface area contributed by atoms with E-state index >= 15 is 0 Å². The van der Waals surface area contributed by atoms with Gasteiger partial charge in [-0.25, -0.2) is 4.98 Å². The summed E-state index contributed by atoms with van der Waals surface area (Å²) in [5.41, 5.74) is 3.38. The van der Waals surface area contributed by atoms with Gasteiger partial charge in [-0.1, -0.05) is 36.6 Å². The molecule has 1 aromatic heterocycles. The number of carbonyl (C=O) groups excluding carboxylic acids is 1. The first-order chi connectivity index (χ1) is 13.1. The Hall–Kier alpha value is -2.59. The van der Waals surface area contributed by atoms with E-state index in [9.17, 15) is 4.79 Å². The number of nitrogens with zero attached hydrogens (tertiary/aromatic N) is 1. The van der Waals surface area contributed by atoms with Crippen LogP contribution in [-0.4, -0.2) is 18.0 Å². The van der Waals surface area contributed by atoms with Gasteiger partial charge in [0.2, 0.25) is 5.91 Å². The zero-order chi connectivity index (χ0) is 18.8. The predicted molar refractivity (Wildman–Crippen MR) is 109 cm³/mol. The highest BCUT2D eigenvalue weighted by Gasteiger charge is 2.22. The molecule has 1 saturated carbocycles. The van der Waals surface area contributed by atoms with Crippen LogP contribution in [0.4, 0.5) is 5.69 Å². The number of anilines is 1. The van der Waals surface area contributed by atoms with Gasteiger partial charge in [-0.2, -0.15) is 0 Å². The Labute approximate surface area is 163 Å². The second-order valence-corrected chi connectivity index (χ2v) is 7.36. The Balaban J connectivity index is 1.67. The second-order valence-electron chi connectivity index (χ2n) is 6.92. The highest BCUT2D eigenvalue weighted by molar-refractivity contribution is 6.30. The predicted octanol–water partition coefficient (Wildman–Crippen LogP) is 5.69. The smallest absolute Gasteiger partial charge is 0.227 e. The summed E-state index contributed by atoms with van der Waals surface area (Å²) in [5, 5.41) is 4.61. The topological polar surface area (TPSA) is 51.2 Å². The van der Waals surface area contributed by atoms with Gasteiger partial charge in [0.1, 0.15) is 5.75 Å². The molecule has 1 amide bonds. The third-order valence-corrected chi connectivity index (χ3v) is 5.38. The number of methoxy groups -OCH3 is 1. The van der Waals surface area contributed by atoms with E-state index < -0.39 is 0 Å². The molecule has 2 aromatic carbocycles. The van der Waals surface area contributed by atoms with Gasteiger partial charge >= 0.3 is 0 Å². The fraction of sp³-hybridized carbons (Fsp3) is 0.273. The maximum atomic E-state index is 12.4. The van der Waals surface area contributed by atoms with Crippen LogP contribution in [-0.2, 0) is 4.79 Å². The molecule has 0 spiro atoms. The van der Waals surface area contributed by atoms with Crippen molar-refractivity contribution in [3.63, 3.8) is 0 Å². The van der Waals surface area contributed by atoms with E-state index in [4.69, 9.17) is 21.3 Å². The molecule has 0 atom stereocenters. The number of hydrogen-bond donors (Lipinski definition) is 1. The molecule has 4 nitrogen and oxygen atoms in total. The van der Waals surface area contributed by atoms with Gasteiger partial charge < -0.3 is 10.1 Å². The monoisotopic (exact) mass is 380 g/mol. The van der Waals surface area contributed by atoms with Crippen LogP contribution in [0.25, 0.3) is 22.2 Å². The van der Waals surface area contributed by atoms with Crippen LogP contribution in [0.15, 0.2) is 48.5 Å². The van der Waals surface area contributed by atoms with E-state index in [1.807, 2.05) is 48.5 Å². The number of halogens is 1. The molecule has 1 N–H and O–H groups in total. The van der Waals surface area contributed by atoms with E-state index in [0.717, 1.165) is 59.3 Å². The van der Waals surface area contributed by atoms with Crippen molar-refractivity contribution in [1.82, 2.24) is 4.98 Å². The molecule has 0 aliphatic heterocycles. The van der Waals surface area contributed by atoms with Crippen molar-refractivity contribution in [1.29, 1.82) is 0 Å². The number of nitrogens with one attached hydrogen (secondary N) is 1. The van der Waals surface area contributed by atoms with Crippen LogP contribution in [0.1, 0.15) is 25.7 Å². The molecule has 1 heterocycles. The van der Waals surface area contributed by atoms with Crippen molar-refractivity contribution in [2.75, 3.05) is 12.4 Å². The summed E-state index contributed by atoms with van der Waals surface area (Å²) in [6.07, 6.45) is 4.24. The summed E-state index contributed by atoms with van der Waals surface area (Å²) in [4.78, 5) is 17.1. The van der Waals surface area contributed by atoms with E-state index in [2.05, 4.69) is 5.32 Å². The molecule has 27 heavy (non-hydrogen) atoms. The molecular weight excluding hydrogens is 360 g/mol. The number of pyridine rings is 1. The molecule has 0 bridgehead atoms. The largest absolute Gasteiger partial charge is 0.496 e. The third kappa shape index (κ3) is 3.76. The Kier molecular flexibility index (Phi) is 4.99. The summed E-state index contributed by atoms with van der Waals surface area (Å²) < 4.78 is 5.59. The van der Waals surface area contributed by atoms with Crippen molar-refractivity contribution < 1.29 is 9.53 Å². The van der Waals surface area contributed by atoms with Gasteiger partial charge in [0.25, 0.3) is 0 Å². The van der Waals surface area contributed by atoms with Crippen molar-refractivity contribution in [3.05, 3.63) is 53.6 Å². The molecule has 0 radical (unpaired) electrons. The van der Waals surface area contributed by atoms with E-state index in [0.29, 0.717) is 5.02 Å². The Morgan fingerprint density at radius 2 is 1.85 bits per heavy atom. The summed E-state index contributed by atoms with van der Waals surface area (Å²) in [5.74, 6) is 0.964. The Morgan fingerprint density at radius 3 is 2.56 bits per heavy atom. The normalized spacial score (nSPS) is 14.4. The molecular formula is C22H21ClN2O2. The van der Waals surface area contributed by atoms with Crippen LogP contribution >= 0.6 is 11.6 Å². The molecule has 1 aliphatic carbocycles. The van der Waals surface area contributed by atoms with Gasteiger partial charge in [0, 0.05) is 33.6 Å². The van der Waals surface area contributed by atoms with E-state index in [1.54, 1.807) is 7.11 Å². The fourth-order valence-corrected chi connectivity index (χ4v) is 3.77. The van der Waals surface area contributed by atoms with E-state index in [-0.39, 0.29) is 11.8 Å². The lowest BCUT2D eigenvalue weighted by atomic mass is 10.1. The summed E-state index contributed by atoms with van der Waals surface area (Å²) in [7, 11) is 1.64. The number of amides is 1. The van der Waals surface area contributed by atoms with E-state index in [1.165, 1.54) is 0 Å². The van der Waals surface area contributed by atoms with Crippen molar-refractivity contribution in [2.24, 2.45) is 5.92 Å². The Morgan fingerprint density at radius 1 is 1.11 bits per heavy atom. The minimum absolute atomic E-state index is 0.108. The number of benzene rings is 2. The fourth-order valence-electron chi connectivity index (χ4n) is 3.64. The minimum Gasteiger partial charge on any atom is -0.496 e. The molecule has 0 unspecified atom stereocenters. The van der Waals surface area contributed by atoms with Gasteiger partial charge in [-0.05, 0) is 43.2 Å². The van der Waals surface area contributed by atoms with Crippen molar-refractivity contribution >= 4 is 34.1 Å². The zero-order valence-electron chi connectivity index (χ0n) is 15.2. The second kappa shape index (κ2) is 7.57. The SMILES string of the molecule is COc1cc(-c2ccc(Cl)cc2)nc2ccc(NC(=O)C3CCCC3)cc12. The maximum Gasteiger partial charge on any atom is 0.227 e. The third-order valence-electron chi connectivity index (χ3n) is 5.12. The lowest BCUT2D eigenvalue weighted by Crippen LogP contribution is -2.20. The number of fused-ring (bicyclic) bond motifs is 1. The lowest BCUT2D eigenvalue weighted by Gasteiger charge is -2.13. The zero-order valence-corrected chi connectivity index (χ0v) is 15.9. The summed E-state index contributed by atoms with van der Waals surface area (Å²) >= 11 is 5.98. The number of ether oxygens (including phenoxy) is 1. The van der Waals surface area contributed by atoms with Crippen LogP contribution in [0.3, 0.4) is 0 Å². The maximum absolute atomic E-state index is 12.4. The van der Waals surface area contributed by atoms with Crippen molar-refractivity contribution in [2.45, 2.75) is 25.7 Å². The average Bonchev–Trinajstić information content (AvgIpc) is 3.23. The first-order valence-electron chi connectivity index (χ1n) is 9.19. The van der Waals surface area contributed by atoms with Gasteiger partial charge in [0.15, 0.2) is 0 Å². The summed E-state index contributed by atoms with van der Waals surface area (Å²) in [6.45, 7) is 0. The number of aromatic nitrogens is 1. The molecule has 1 aliphatic rings. The number of rotatable bonds is 4. The molecule has 138 valence electrons. The molecule has 4 rings (SSSR count). The molecule has 1 fully saturated rings. The molecule has 3 aromatic rings. The molecule has 0 saturated heterocycles. The standard InChI is InChI=1S/C22H21ClN2O2/c1-27-21-13-20(14-6-8-16(23)9-7-14)25-19-11-10-17(12-18(19)21)24-22(26)15-4-2-3-5-15/h6-13,15H,2-5H2,1H3,(H,24,26). The van der Waals surface area contributed by atoms with Crippen LogP contribution in [0, 0.1) is 5.92 Å². The van der Waals surface area contributed by atoms with Gasteiger partial charge in [0.05, 0.1) is 18.3 Å². The quantitative estimate of drug-likeness (QED) is 0.632. The van der Waals surface area contributed by atoms with Gasteiger partial charge in [-0.3, -0.25) is 4.79 Å². The average molecular weight is 381 g/mol. The van der Waals surface area contributed by atoms with Crippen LogP contribution < -0.4 is 10.1 Å². The van der Waals surface area contributed by atoms with Crippen LogP contribution in [0.5, 0.6) is 5.75 Å². The first-order valence-corrected chi connectivity index (χ1v) is 9.57. The van der Waals surface area contributed by atoms with Crippen molar-refractivity contribution in [3.8, 4) is 17.0 Å². The first kappa shape index (κ1) is 17.8. The minimum atomic E-state index is 0.108. The highest BCUT2D eigenvalue weighted by atomic mass is 35.5. The lowest BCUT2D eigenvalue weighted by molar-refractivity contribution is -0.119. The molecule has 5 heteroatoms.